The Hall–Kier alpha value is -0.860. The van der Waals surface area contributed by atoms with Gasteiger partial charge in [-0.15, -0.1) is 0 Å². The third-order valence-electron chi connectivity index (χ3n) is 5.40. The first-order valence-electron chi connectivity index (χ1n) is 8.93. The standard InChI is InChI=1S/C19H28N2/c1-2-6-19(16-7-8-16)17(5-1)14-21(18-9-10-18)13-15-4-3-11-20-12-15/h1-2,5-6,15-16,18,20H,3-4,7-14H2. The first-order valence-corrected chi connectivity index (χ1v) is 8.93. The summed E-state index contributed by atoms with van der Waals surface area (Å²) < 4.78 is 0. The highest BCUT2D eigenvalue weighted by molar-refractivity contribution is 5.33. The Kier molecular flexibility index (Phi) is 4.00. The van der Waals surface area contributed by atoms with Gasteiger partial charge >= 0.3 is 0 Å². The molecule has 1 saturated heterocycles. The van der Waals surface area contributed by atoms with Gasteiger partial charge in [0.25, 0.3) is 0 Å². The van der Waals surface area contributed by atoms with E-state index >= 15 is 0 Å². The van der Waals surface area contributed by atoms with E-state index in [1.54, 1.807) is 11.1 Å². The zero-order valence-corrected chi connectivity index (χ0v) is 13.1. The summed E-state index contributed by atoms with van der Waals surface area (Å²) >= 11 is 0. The SMILES string of the molecule is c1ccc(C2CC2)c(CN(CC2CCCNC2)C2CC2)c1. The largest absolute Gasteiger partial charge is 0.316 e. The van der Waals surface area contributed by atoms with E-state index in [0.29, 0.717) is 0 Å². The van der Waals surface area contributed by atoms with Crippen molar-refractivity contribution in [2.75, 3.05) is 19.6 Å². The average molecular weight is 284 g/mol. The smallest absolute Gasteiger partial charge is 0.0239 e. The molecule has 1 heterocycles. The second kappa shape index (κ2) is 6.10. The maximum atomic E-state index is 3.58. The Morgan fingerprint density at radius 1 is 1.05 bits per heavy atom. The minimum absolute atomic E-state index is 0.868. The zero-order valence-electron chi connectivity index (χ0n) is 13.1. The zero-order chi connectivity index (χ0) is 14.1. The van der Waals surface area contributed by atoms with Crippen LogP contribution >= 0.6 is 0 Å². The highest BCUT2D eigenvalue weighted by atomic mass is 15.2. The van der Waals surface area contributed by atoms with Crippen molar-refractivity contribution >= 4 is 0 Å². The number of nitrogens with zero attached hydrogens (tertiary/aromatic N) is 1. The van der Waals surface area contributed by atoms with Crippen LogP contribution < -0.4 is 5.32 Å². The molecule has 114 valence electrons. The van der Waals surface area contributed by atoms with Gasteiger partial charge in [-0.25, -0.2) is 0 Å². The number of piperidine rings is 1. The van der Waals surface area contributed by atoms with E-state index in [2.05, 4.69) is 34.5 Å². The van der Waals surface area contributed by atoms with E-state index in [1.807, 2.05) is 0 Å². The Labute approximate surface area is 128 Å². The van der Waals surface area contributed by atoms with Gasteiger partial charge in [-0.2, -0.15) is 0 Å². The Balaban J connectivity index is 1.44. The molecule has 0 radical (unpaired) electrons. The molecule has 0 bridgehead atoms. The molecule has 1 unspecified atom stereocenters. The number of hydrogen-bond donors (Lipinski definition) is 1. The Morgan fingerprint density at radius 3 is 2.62 bits per heavy atom. The molecule has 1 atom stereocenters. The van der Waals surface area contributed by atoms with Crippen LogP contribution in [-0.4, -0.2) is 30.6 Å². The summed E-state index contributed by atoms with van der Waals surface area (Å²) in [5.74, 6) is 1.74. The normalized spacial score (nSPS) is 26.2. The summed E-state index contributed by atoms with van der Waals surface area (Å²) in [4.78, 5) is 2.79. The van der Waals surface area contributed by atoms with Gasteiger partial charge in [0.1, 0.15) is 0 Å². The van der Waals surface area contributed by atoms with Crippen molar-refractivity contribution in [1.82, 2.24) is 10.2 Å². The van der Waals surface area contributed by atoms with E-state index in [0.717, 1.165) is 17.9 Å². The number of rotatable bonds is 6. The molecular formula is C19H28N2. The molecule has 2 heteroatoms. The molecule has 1 aromatic rings. The van der Waals surface area contributed by atoms with Gasteiger partial charge in [0.15, 0.2) is 0 Å². The molecule has 1 aliphatic heterocycles. The van der Waals surface area contributed by atoms with Crippen LogP contribution in [0.15, 0.2) is 24.3 Å². The fraction of sp³-hybridized carbons (Fsp3) is 0.684. The average Bonchev–Trinajstić information content (AvgIpc) is 3.41. The molecule has 2 nitrogen and oxygen atoms in total. The lowest BCUT2D eigenvalue weighted by atomic mass is 9.98. The van der Waals surface area contributed by atoms with Gasteiger partial charge in [0.2, 0.25) is 0 Å². The van der Waals surface area contributed by atoms with Crippen LogP contribution in [0.3, 0.4) is 0 Å². The van der Waals surface area contributed by atoms with Gasteiger partial charge in [0.05, 0.1) is 0 Å². The highest BCUT2D eigenvalue weighted by Gasteiger charge is 2.32. The third kappa shape index (κ3) is 3.49. The van der Waals surface area contributed by atoms with Crippen molar-refractivity contribution in [1.29, 1.82) is 0 Å². The monoisotopic (exact) mass is 284 g/mol. The molecule has 2 aliphatic carbocycles. The van der Waals surface area contributed by atoms with Crippen molar-refractivity contribution in [3.8, 4) is 0 Å². The van der Waals surface area contributed by atoms with Gasteiger partial charge in [0, 0.05) is 19.1 Å². The molecule has 21 heavy (non-hydrogen) atoms. The summed E-state index contributed by atoms with van der Waals surface area (Å²) in [6, 6.07) is 10.1. The van der Waals surface area contributed by atoms with Crippen molar-refractivity contribution < 1.29 is 0 Å². The van der Waals surface area contributed by atoms with Gasteiger partial charge < -0.3 is 5.32 Å². The quantitative estimate of drug-likeness (QED) is 0.859. The first kappa shape index (κ1) is 13.8. The summed E-state index contributed by atoms with van der Waals surface area (Å²) in [5, 5.41) is 3.58. The van der Waals surface area contributed by atoms with Crippen LogP contribution in [0, 0.1) is 5.92 Å². The predicted molar refractivity (Wildman–Crippen MR) is 87.4 cm³/mol. The fourth-order valence-corrected chi connectivity index (χ4v) is 3.88. The molecule has 0 amide bonds. The molecule has 4 rings (SSSR count). The molecular weight excluding hydrogens is 256 g/mol. The lowest BCUT2D eigenvalue weighted by molar-refractivity contribution is 0.192. The van der Waals surface area contributed by atoms with Crippen LogP contribution in [0.2, 0.25) is 0 Å². The number of nitrogens with one attached hydrogen (secondary N) is 1. The Bertz CT molecular complexity index is 470. The third-order valence-corrected chi connectivity index (χ3v) is 5.40. The minimum atomic E-state index is 0.868. The van der Waals surface area contributed by atoms with Crippen LogP contribution in [0.1, 0.15) is 55.6 Å². The maximum absolute atomic E-state index is 3.58. The van der Waals surface area contributed by atoms with Crippen molar-refractivity contribution in [2.45, 2.75) is 57.0 Å². The van der Waals surface area contributed by atoms with E-state index in [4.69, 9.17) is 0 Å². The van der Waals surface area contributed by atoms with E-state index in [1.165, 1.54) is 64.7 Å². The summed E-state index contributed by atoms with van der Waals surface area (Å²) in [6.45, 7) is 4.95. The summed E-state index contributed by atoms with van der Waals surface area (Å²) in [5.41, 5.74) is 3.25. The number of hydrogen-bond acceptors (Lipinski definition) is 2. The first-order chi connectivity index (χ1) is 10.4. The lowest BCUT2D eigenvalue weighted by Crippen LogP contribution is -2.39. The summed E-state index contributed by atoms with van der Waals surface area (Å²) in [7, 11) is 0. The van der Waals surface area contributed by atoms with Gasteiger partial charge in [-0.05, 0) is 74.6 Å². The van der Waals surface area contributed by atoms with Crippen molar-refractivity contribution in [2.24, 2.45) is 5.92 Å². The van der Waals surface area contributed by atoms with Crippen LogP contribution in [0.5, 0.6) is 0 Å². The second-order valence-corrected chi connectivity index (χ2v) is 7.35. The predicted octanol–water partition coefficient (Wildman–Crippen LogP) is 3.53. The van der Waals surface area contributed by atoms with Gasteiger partial charge in [-0.1, -0.05) is 24.3 Å². The molecule has 3 fully saturated rings. The molecule has 2 saturated carbocycles. The molecule has 0 spiro atoms. The Morgan fingerprint density at radius 2 is 1.90 bits per heavy atom. The van der Waals surface area contributed by atoms with Crippen LogP contribution in [-0.2, 0) is 6.54 Å². The summed E-state index contributed by atoms with van der Waals surface area (Å²) in [6.07, 6.45) is 8.44. The van der Waals surface area contributed by atoms with Crippen molar-refractivity contribution in [3.63, 3.8) is 0 Å². The van der Waals surface area contributed by atoms with Gasteiger partial charge in [-0.3, -0.25) is 4.90 Å². The maximum Gasteiger partial charge on any atom is 0.0239 e. The molecule has 0 aromatic heterocycles. The minimum Gasteiger partial charge on any atom is -0.316 e. The van der Waals surface area contributed by atoms with E-state index < -0.39 is 0 Å². The topological polar surface area (TPSA) is 15.3 Å². The molecule has 3 aliphatic rings. The van der Waals surface area contributed by atoms with Crippen molar-refractivity contribution in [3.05, 3.63) is 35.4 Å². The number of benzene rings is 1. The van der Waals surface area contributed by atoms with E-state index in [9.17, 15) is 0 Å². The van der Waals surface area contributed by atoms with E-state index in [-0.39, 0.29) is 0 Å². The van der Waals surface area contributed by atoms with Crippen LogP contribution in [0.25, 0.3) is 0 Å². The second-order valence-electron chi connectivity index (χ2n) is 7.35. The molecule has 1 aromatic carbocycles. The molecule has 1 N–H and O–H groups in total. The fourth-order valence-electron chi connectivity index (χ4n) is 3.88. The van der Waals surface area contributed by atoms with Crippen LogP contribution in [0.4, 0.5) is 0 Å². The highest BCUT2D eigenvalue weighted by Crippen LogP contribution is 2.42. The lowest BCUT2D eigenvalue weighted by Gasteiger charge is -2.30.